The van der Waals surface area contributed by atoms with Gasteiger partial charge in [-0.05, 0) is 25.0 Å². The van der Waals surface area contributed by atoms with Crippen LogP contribution in [0.1, 0.15) is 24.5 Å². The highest BCUT2D eigenvalue weighted by Gasteiger charge is 2.14. The fraction of sp³-hybridized carbons (Fsp3) is 0.364. The third-order valence-electron chi connectivity index (χ3n) is 2.33. The van der Waals surface area contributed by atoms with Crippen LogP contribution in [0.25, 0.3) is 0 Å². The monoisotopic (exact) mass is 270 g/mol. The van der Waals surface area contributed by atoms with E-state index in [0.29, 0.717) is 24.2 Å². The van der Waals surface area contributed by atoms with Crippen LogP contribution in [0.4, 0.5) is 5.69 Å². The lowest BCUT2D eigenvalue weighted by Gasteiger charge is -2.14. The van der Waals surface area contributed by atoms with Gasteiger partial charge in [-0.15, -0.1) is 0 Å². The summed E-state index contributed by atoms with van der Waals surface area (Å²) in [5.74, 6) is -0.165. The smallest absolute Gasteiger partial charge is 0.299 e. The Labute approximate surface area is 107 Å². The summed E-state index contributed by atoms with van der Waals surface area (Å²) in [4.78, 5) is 0. The van der Waals surface area contributed by atoms with Crippen LogP contribution >= 0.6 is 0 Å². The van der Waals surface area contributed by atoms with Crippen LogP contribution in [0.2, 0.25) is 0 Å². The summed E-state index contributed by atoms with van der Waals surface area (Å²) < 4.78 is 28.2. The first kappa shape index (κ1) is 14.5. The second-order valence-electron chi connectivity index (χ2n) is 3.91. The lowest BCUT2D eigenvalue weighted by molar-refractivity contribution is 0.586. The van der Waals surface area contributed by atoms with Crippen LogP contribution in [-0.4, -0.2) is 20.8 Å². The molecule has 0 saturated carbocycles. The summed E-state index contributed by atoms with van der Waals surface area (Å²) >= 11 is 0. The van der Waals surface area contributed by atoms with Crippen LogP contribution in [-0.2, 0) is 10.2 Å². The number of benzene rings is 1. The van der Waals surface area contributed by atoms with Gasteiger partial charge >= 0.3 is 0 Å². The van der Waals surface area contributed by atoms with Gasteiger partial charge in [0, 0.05) is 12.1 Å². The number of aryl methyl sites for hydroxylation is 1. The van der Waals surface area contributed by atoms with Gasteiger partial charge in [0.2, 0.25) is 0 Å². The standard InChI is InChI=1S/C11H18N4O2S/c1-3-7-14-18(16,17)15-9-6-4-5-8(2)10(9)11(12)13/h4-6,14-15H,3,7H2,1-2H3,(H3,12,13). The number of amidine groups is 1. The summed E-state index contributed by atoms with van der Waals surface area (Å²) in [7, 11) is -3.62. The van der Waals surface area contributed by atoms with Crippen LogP contribution in [0, 0.1) is 12.3 Å². The van der Waals surface area contributed by atoms with E-state index < -0.39 is 10.2 Å². The Morgan fingerprint density at radius 1 is 1.44 bits per heavy atom. The molecular weight excluding hydrogens is 252 g/mol. The Morgan fingerprint density at radius 3 is 2.67 bits per heavy atom. The molecule has 0 aliphatic heterocycles. The average molecular weight is 270 g/mol. The zero-order valence-electron chi connectivity index (χ0n) is 10.4. The third-order valence-corrected chi connectivity index (χ3v) is 3.40. The highest BCUT2D eigenvalue weighted by Crippen LogP contribution is 2.19. The molecule has 0 radical (unpaired) electrons. The molecular formula is C11H18N4O2S. The number of anilines is 1. The third kappa shape index (κ3) is 3.71. The van der Waals surface area contributed by atoms with Crippen molar-refractivity contribution in [3.63, 3.8) is 0 Å². The van der Waals surface area contributed by atoms with Crippen LogP contribution < -0.4 is 15.2 Å². The van der Waals surface area contributed by atoms with Crippen LogP contribution in [0.15, 0.2) is 18.2 Å². The summed E-state index contributed by atoms with van der Waals surface area (Å²) in [5.41, 5.74) is 6.92. The first-order valence-corrected chi connectivity index (χ1v) is 7.07. The van der Waals surface area contributed by atoms with Gasteiger partial charge in [0.25, 0.3) is 10.2 Å². The second kappa shape index (κ2) is 5.83. The highest BCUT2D eigenvalue weighted by molar-refractivity contribution is 7.90. The lowest BCUT2D eigenvalue weighted by Crippen LogP contribution is -2.31. The highest BCUT2D eigenvalue weighted by atomic mass is 32.2. The molecule has 0 atom stereocenters. The largest absolute Gasteiger partial charge is 0.384 e. The number of rotatable bonds is 6. The second-order valence-corrected chi connectivity index (χ2v) is 5.41. The molecule has 0 spiro atoms. The van der Waals surface area contributed by atoms with Crippen molar-refractivity contribution in [3.05, 3.63) is 29.3 Å². The topological polar surface area (TPSA) is 108 Å². The van der Waals surface area contributed by atoms with Gasteiger partial charge in [-0.25, -0.2) is 0 Å². The molecule has 5 N–H and O–H groups in total. The molecule has 0 fully saturated rings. The number of nitrogen functional groups attached to an aromatic ring is 1. The number of nitrogens with one attached hydrogen (secondary N) is 3. The number of hydrogen-bond donors (Lipinski definition) is 4. The Hall–Kier alpha value is -1.60. The van der Waals surface area contributed by atoms with Crippen molar-refractivity contribution in [2.45, 2.75) is 20.3 Å². The van der Waals surface area contributed by atoms with Crippen molar-refractivity contribution in [2.75, 3.05) is 11.3 Å². The van der Waals surface area contributed by atoms with E-state index in [9.17, 15) is 8.42 Å². The van der Waals surface area contributed by atoms with Gasteiger partial charge in [0.05, 0.1) is 5.69 Å². The van der Waals surface area contributed by atoms with Crippen molar-refractivity contribution in [2.24, 2.45) is 5.73 Å². The van der Waals surface area contributed by atoms with Crippen molar-refractivity contribution < 1.29 is 8.42 Å². The van der Waals surface area contributed by atoms with E-state index in [1.54, 1.807) is 25.1 Å². The summed E-state index contributed by atoms with van der Waals surface area (Å²) in [6, 6.07) is 5.06. The quantitative estimate of drug-likeness (QED) is 0.456. The van der Waals surface area contributed by atoms with Gasteiger partial charge in [0.15, 0.2) is 0 Å². The van der Waals surface area contributed by atoms with E-state index in [-0.39, 0.29) is 5.84 Å². The maximum Gasteiger partial charge on any atom is 0.299 e. The van der Waals surface area contributed by atoms with Crippen LogP contribution in [0.3, 0.4) is 0 Å². The fourth-order valence-electron chi connectivity index (χ4n) is 1.53. The van der Waals surface area contributed by atoms with Crippen molar-refractivity contribution >= 4 is 21.7 Å². The van der Waals surface area contributed by atoms with E-state index in [4.69, 9.17) is 11.1 Å². The number of nitrogens with two attached hydrogens (primary N) is 1. The Kier molecular flexibility index (Phi) is 4.69. The molecule has 0 heterocycles. The molecule has 0 aliphatic rings. The first-order chi connectivity index (χ1) is 8.37. The molecule has 0 unspecified atom stereocenters. The maximum absolute atomic E-state index is 11.7. The average Bonchev–Trinajstić information content (AvgIpc) is 2.25. The minimum atomic E-state index is -3.62. The lowest BCUT2D eigenvalue weighted by atomic mass is 10.1. The molecule has 0 aliphatic carbocycles. The van der Waals surface area contributed by atoms with Gasteiger partial charge in [-0.1, -0.05) is 19.1 Å². The van der Waals surface area contributed by atoms with Crippen molar-refractivity contribution in [3.8, 4) is 0 Å². The molecule has 0 amide bonds. The molecule has 18 heavy (non-hydrogen) atoms. The maximum atomic E-state index is 11.7. The Bertz CT molecular complexity index is 540. The minimum Gasteiger partial charge on any atom is -0.384 e. The Balaban J connectivity index is 3.05. The normalized spacial score (nSPS) is 11.2. The van der Waals surface area contributed by atoms with E-state index in [1.165, 1.54) is 0 Å². The first-order valence-electron chi connectivity index (χ1n) is 5.58. The van der Waals surface area contributed by atoms with Gasteiger partial charge in [0.1, 0.15) is 5.84 Å². The van der Waals surface area contributed by atoms with Crippen molar-refractivity contribution in [1.29, 1.82) is 5.41 Å². The summed E-state index contributed by atoms with van der Waals surface area (Å²) in [6.45, 7) is 4.00. The van der Waals surface area contributed by atoms with Gasteiger partial charge in [-0.3, -0.25) is 10.1 Å². The molecule has 7 heteroatoms. The zero-order chi connectivity index (χ0) is 13.8. The molecule has 0 aromatic heterocycles. The van der Waals surface area contributed by atoms with E-state index in [1.807, 2.05) is 6.92 Å². The molecule has 1 rings (SSSR count). The number of hydrogen-bond acceptors (Lipinski definition) is 3. The molecule has 0 saturated heterocycles. The van der Waals surface area contributed by atoms with E-state index >= 15 is 0 Å². The van der Waals surface area contributed by atoms with E-state index in [0.717, 1.165) is 5.56 Å². The summed E-state index contributed by atoms with van der Waals surface area (Å²) in [5, 5.41) is 7.49. The molecule has 6 nitrogen and oxygen atoms in total. The predicted octanol–water partition coefficient (Wildman–Crippen LogP) is 0.935. The SMILES string of the molecule is CCCNS(=O)(=O)Nc1cccc(C)c1C(=N)N. The minimum absolute atomic E-state index is 0.165. The van der Waals surface area contributed by atoms with Gasteiger partial charge in [-0.2, -0.15) is 13.1 Å². The van der Waals surface area contributed by atoms with Crippen molar-refractivity contribution in [1.82, 2.24) is 4.72 Å². The fourth-order valence-corrected chi connectivity index (χ4v) is 2.53. The molecule has 100 valence electrons. The molecule has 1 aromatic rings. The van der Waals surface area contributed by atoms with Crippen LogP contribution in [0.5, 0.6) is 0 Å². The zero-order valence-corrected chi connectivity index (χ0v) is 11.3. The predicted molar refractivity (Wildman–Crippen MR) is 73.0 cm³/mol. The van der Waals surface area contributed by atoms with E-state index in [2.05, 4.69) is 9.44 Å². The Morgan fingerprint density at radius 2 is 2.11 bits per heavy atom. The molecule has 1 aromatic carbocycles. The van der Waals surface area contributed by atoms with Gasteiger partial charge < -0.3 is 5.73 Å². The summed E-state index contributed by atoms with van der Waals surface area (Å²) in [6.07, 6.45) is 0.703. The molecule has 0 bridgehead atoms.